The van der Waals surface area contributed by atoms with Gasteiger partial charge in [0.15, 0.2) is 0 Å². The average Bonchev–Trinajstić information content (AvgIpc) is 2.91. The molecule has 0 fully saturated rings. The zero-order chi connectivity index (χ0) is 15.5. The highest BCUT2D eigenvalue weighted by Gasteiger charge is 2.30. The van der Waals surface area contributed by atoms with Gasteiger partial charge in [-0.25, -0.2) is 4.68 Å². The number of hydrogen-bond donors (Lipinski definition) is 0. The van der Waals surface area contributed by atoms with Crippen molar-refractivity contribution in [3.05, 3.63) is 35.7 Å². The van der Waals surface area contributed by atoms with Crippen LogP contribution in [0.1, 0.15) is 25.0 Å². The van der Waals surface area contributed by atoms with E-state index >= 15 is 0 Å². The van der Waals surface area contributed by atoms with Crippen molar-refractivity contribution >= 4 is 12.9 Å². The van der Waals surface area contributed by atoms with Crippen molar-refractivity contribution in [3.8, 4) is 5.69 Å². The zero-order valence-corrected chi connectivity index (χ0v) is 13.6. The molecule has 0 saturated heterocycles. The molecule has 21 heavy (non-hydrogen) atoms. The van der Waals surface area contributed by atoms with Crippen LogP contribution in [0.15, 0.2) is 24.5 Å². The maximum Gasteiger partial charge on any atom is 0.361 e. The van der Waals surface area contributed by atoms with Gasteiger partial charge in [-0.15, -0.1) is 5.10 Å². The first-order valence-corrected chi connectivity index (χ1v) is 8.43. The number of rotatable bonds is 6. The molecule has 0 bridgehead atoms. The molecule has 0 spiro atoms. The van der Waals surface area contributed by atoms with Gasteiger partial charge in [0.05, 0.1) is 36.6 Å². The second-order valence-corrected chi connectivity index (χ2v) is 6.57. The summed E-state index contributed by atoms with van der Waals surface area (Å²) in [5, 5.41) is 8.40. The van der Waals surface area contributed by atoms with Crippen LogP contribution < -0.4 is 5.30 Å². The fourth-order valence-electron chi connectivity index (χ4n) is 2.35. The van der Waals surface area contributed by atoms with Crippen molar-refractivity contribution in [1.29, 1.82) is 0 Å². The molecule has 2 aromatic rings. The number of nitrogens with zero attached hydrogens (tertiary/aromatic N) is 3. The lowest BCUT2D eigenvalue weighted by Gasteiger charge is -2.21. The Labute approximate surface area is 124 Å². The van der Waals surface area contributed by atoms with Crippen LogP contribution in [0, 0.1) is 13.8 Å². The highest BCUT2D eigenvalue weighted by Crippen LogP contribution is 2.48. The normalized spacial score (nSPS) is 11.8. The Bertz CT molecular complexity index is 622. The number of hydrogen-bond acceptors (Lipinski definition) is 5. The second kappa shape index (κ2) is 6.52. The minimum absolute atomic E-state index is 0.334. The van der Waals surface area contributed by atoms with Crippen molar-refractivity contribution < 1.29 is 13.6 Å². The van der Waals surface area contributed by atoms with Crippen LogP contribution in [0.4, 0.5) is 0 Å². The van der Waals surface area contributed by atoms with E-state index in [9.17, 15) is 4.57 Å². The standard InChI is InChI=1S/C14H20N3O3P/c1-5-19-21(18,20-6-2)14-11(3)9-13(10-12(14)4)17-8-7-15-16-17/h7-10H,5-6H2,1-4H3. The van der Waals surface area contributed by atoms with E-state index in [0.29, 0.717) is 18.5 Å². The predicted molar refractivity (Wildman–Crippen MR) is 81.3 cm³/mol. The van der Waals surface area contributed by atoms with Crippen molar-refractivity contribution in [2.75, 3.05) is 13.2 Å². The molecule has 0 saturated carbocycles. The van der Waals surface area contributed by atoms with Crippen LogP contribution >= 0.6 is 7.60 Å². The Hall–Kier alpha value is -1.49. The maximum atomic E-state index is 13.0. The topological polar surface area (TPSA) is 66.2 Å². The van der Waals surface area contributed by atoms with Crippen LogP contribution in [0.3, 0.4) is 0 Å². The van der Waals surface area contributed by atoms with Crippen molar-refractivity contribution in [1.82, 2.24) is 15.0 Å². The molecule has 0 unspecified atom stereocenters. The number of aromatic nitrogens is 3. The number of benzene rings is 1. The summed E-state index contributed by atoms with van der Waals surface area (Å²) in [5.41, 5.74) is 2.57. The Morgan fingerprint density at radius 3 is 2.14 bits per heavy atom. The Balaban J connectivity index is 2.52. The van der Waals surface area contributed by atoms with Crippen LogP contribution in [-0.4, -0.2) is 28.2 Å². The molecule has 0 aliphatic heterocycles. The lowest BCUT2D eigenvalue weighted by molar-refractivity contribution is 0.229. The van der Waals surface area contributed by atoms with Crippen molar-refractivity contribution in [2.24, 2.45) is 0 Å². The smallest absolute Gasteiger partial charge is 0.305 e. The van der Waals surface area contributed by atoms with E-state index < -0.39 is 7.60 Å². The van der Waals surface area contributed by atoms with Crippen LogP contribution in [-0.2, 0) is 13.6 Å². The second-order valence-electron chi connectivity index (χ2n) is 4.61. The number of aryl methyl sites for hydroxylation is 2. The Morgan fingerprint density at radius 1 is 1.14 bits per heavy atom. The third-order valence-electron chi connectivity index (χ3n) is 3.03. The summed E-state index contributed by atoms with van der Waals surface area (Å²) in [7, 11) is -3.29. The lowest BCUT2D eigenvalue weighted by atomic mass is 10.1. The molecule has 1 aromatic heterocycles. The van der Waals surface area contributed by atoms with E-state index in [4.69, 9.17) is 9.05 Å². The largest absolute Gasteiger partial charge is 0.361 e. The summed E-state index contributed by atoms with van der Waals surface area (Å²) in [4.78, 5) is 0. The van der Waals surface area contributed by atoms with Gasteiger partial charge in [0.2, 0.25) is 0 Å². The molecule has 2 rings (SSSR count). The fraction of sp³-hybridized carbons (Fsp3) is 0.429. The molecule has 0 atom stereocenters. The van der Waals surface area contributed by atoms with Crippen LogP contribution in [0.2, 0.25) is 0 Å². The Morgan fingerprint density at radius 2 is 1.71 bits per heavy atom. The van der Waals surface area contributed by atoms with Crippen molar-refractivity contribution in [3.63, 3.8) is 0 Å². The molecule has 6 nitrogen and oxygen atoms in total. The van der Waals surface area contributed by atoms with Gasteiger partial charge in [0, 0.05) is 0 Å². The van der Waals surface area contributed by atoms with Crippen LogP contribution in [0.25, 0.3) is 5.69 Å². The summed E-state index contributed by atoms with van der Waals surface area (Å²) >= 11 is 0. The molecular weight excluding hydrogens is 289 g/mol. The zero-order valence-electron chi connectivity index (χ0n) is 12.7. The SMILES string of the molecule is CCOP(=O)(OCC)c1c(C)cc(-n2ccnn2)cc1C. The highest BCUT2D eigenvalue weighted by atomic mass is 31.2. The fourth-order valence-corrected chi connectivity index (χ4v) is 4.36. The molecule has 0 amide bonds. The predicted octanol–water partition coefficient (Wildman–Crippen LogP) is 2.78. The summed E-state index contributed by atoms with van der Waals surface area (Å²) in [6.07, 6.45) is 3.38. The van der Waals surface area contributed by atoms with Crippen LogP contribution in [0.5, 0.6) is 0 Å². The van der Waals surface area contributed by atoms with Gasteiger partial charge >= 0.3 is 7.60 Å². The van der Waals surface area contributed by atoms with Crippen molar-refractivity contribution in [2.45, 2.75) is 27.7 Å². The molecule has 0 aliphatic rings. The van der Waals surface area contributed by atoms with Gasteiger partial charge in [-0.2, -0.15) is 0 Å². The molecule has 1 heterocycles. The highest BCUT2D eigenvalue weighted by molar-refractivity contribution is 7.62. The molecule has 0 radical (unpaired) electrons. The Kier molecular flexibility index (Phi) is 4.93. The lowest BCUT2D eigenvalue weighted by Crippen LogP contribution is -2.18. The van der Waals surface area contributed by atoms with Gasteiger partial charge < -0.3 is 9.05 Å². The minimum atomic E-state index is -3.29. The van der Waals surface area contributed by atoms with Gasteiger partial charge in [-0.1, -0.05) is 5.21 Å². The first-order valence-electron chi connectivity index (χ1n) is 6.89. The van der Waals surface area contributed by atoms with Gasteiger partial charge in [-0.05, 0) is 51.0 Å². The van der Waals surface area contributed by atoms with E-state index in [1.165, 1.54) is 0 Å². The van der Waals surface area contributed by atoms with E-state index in [-0.39, 0.29) is 0 Å². The summed E-state index contributed by atoms with van der Waals surface area (Å²) < 4.78 is 25.5. The van der Waals surface area contributed by atoms with E-state index in [1.807, 2.05) is 26.0 Å². The molecule has 114 valence electrons. The first-order chi connectivity index (χ1) is 10.0. The molecule has 0 aliphatic carbocycles. The summed E-state index contributed by atoms with van der Waals surface area (Å²) in [5.74, 6) is 0. The third-order valence-corrected chi connectivity index (χ3v) is 5.48. The minimum Gasteiger partial charge on any atom is -0.305 e. The van der Waals surface area contributed by atoms with Gasteiger partial charge in [0.1, 0.15) is 0 Å². The molecule has 0 N–H and O–H groups in total. The molecule has 7 heteroatoms. The molecule has 1 aromatic carbocycles. The van der Waals surface area contributed by atoms with E-state index in [1.54, 1.807) is 30.9 Å². The maximum absolute atomic E-state index is 13.0. The third kappa shape index (κ3) is 3.23. The quantitative estimate of drug-likeness (QED) is 0.768. The van der Waals surface area contributed by atoms with Gasteiger partial charge in [0.25, 0.3) is 0 Å². The van der Waals surface area contributed by atoms with E-state index in [2.05, 4.69) is 10.3 Å². The van der Waals surface area contributed by atoms with E-state index in [0.717, 1.165) is 16.8 Å². The molecular formula is C14H20N3O3P. The first kappa shape index (κ1) is 15.9. The average molecular weight is 309 g/mol. The summed E-state index contributed by atoms with van der Waals surface area (Å²) in [6.45, 7) is 8.07. The summed E-state index contributed by atoms with van der Waals surface area (Å²) in [6, 6.07) is 3.81. The van der Waals surface area contributed by atoms with Gasteiger partial charge in [-0.3, -0.25) is 4.57 Å². The monoisotopic (exact) mass is 309 g/mol.